The second kappa shape index (κ2) is 2.54. The molecule has 0 rings (SSSR count). The van der Waals surface area contributed by atoms with E-state index in [0.29, 0.717) is 0 Å². The summed E-state index contributed by atoms with van der Waals surface area (Å²) in [6.07, 6.45) is 0. The molecule has 0 fully saturated rings. The van der Waals surface area contributed by atoms with Gasteiger partial charge in [-0.3, -0.25) is 0 Å². The van der Waals surface area contributed by atoms with Crippen molar-refractivity contribution in [2.75, 3.05) is 5.88 Å². The van der Waals surface area contributed by atoms with E-state index in [0.717, 1.165) is 0 Å². The molecule has 0 atom stereocenters. The maximum atomic E-state index is 11.0. The SMILES string of the molecule is FC(=S)CCl. The number of rotatable bonds is 1. The third kappa shape index (κ3) is 4.31. The van der Waals surface area contributed by atoms with Crippen LogP contribution in [0, 0.1) is 0 Å². The molecular weight excluding hydrogens is 111 g/mol. The molecule has 0 aromatic rings. The Morgan fingerprint density at radius 3 is 2.20 bits per heavy atom. The lowest BCUT2D eigenvalue weighted by molar-refractivity contribution is 0.825. The topological polar surface area (TPSA) is 0 Å². The van der Waals surface area contributed by atoms with E-state index in [4.69, 9.17) is 11.6 Å². The molecule has 0 unspecified atom stereocenters. The molecule has 0 aliphatic rings. The Morgan fingerprint density at radius 2 is 2.20 bits per heavy atom. The van der Waals surface area contributed by atoms with Crippen LogP contribution in [0.1, 0.15) is 0 Å². The summed E-state index contributed by atoms with van der Waals surface area (Å²) in [5, 5.41) is -0.647. The molecule has 0 spiro atoms. The van der Waals surface area contributed by atoms with Crippen molar-refractivity contribution in [3.8, 4) is 0 Å². The van der Waals surface area contributed by atoms with Crippen LogP contribution in [0.4, 0.5) is 4.39 Å². The minimum Gasteiger partial charge on any atom is -0.198 e. The van der Waals surface area contributed by atoms with Gasteiger partial charge < -0.3 is 0 Å². The first kappa shape index (κ1) is 5.31. The zero-order valence-electron chi connectivity index (χ0n) is 2.37. The summed E-state index contributed by atoms with van der Waals surface area (Å²) in [7, 11) is 0. The standard InChI is InChI=1S/C2H2ClFS/c3-1-2(4)5/h1H2. The number of alkyl halides is 1. The van der Waals surface area contributed by atoms with Crippen molar-refractivity contribution in [3.05, 3.63) is 0 Å². The molecule has 0 saturated heterocycles. The minimum absolute atomic E-state index is 0.157. The number of hydrogen-bond donors (Lipinski definition) is 0. The van der Waals surface area contributed by atoms with Gasteiger partial charge in [0.1, 0.15) is 0 Å². The van der Waals surface area contributed by atoms with Crippen molar-refractivity contribution in [3.63, 3.8) is 0 Å². The average molecular weight is 113 g/mol. The summed E-state index contributed by atoms with van der Waals surface area (Å²) in [4.78, 5) is 0. The van der Waals surface area contributed by atoms with Gasteiger partial charge in [-0.25, -0.2) is 0 Å². The van der Waals surface area contributed by atoms with Gasteiger partial charge in [0.25, 0.3) is 0 Å². The summed E-state index contributed by atoms with van der Waals surface area (Å²) < 4.78 is 11.0. The van der Waals surface area contributed by atoms with Crippen molar-refractivity contribution in [2.24, 2.45) is 0 Å². The van der Waals surface area contributed by atoms with Gasteiger partial charge in [0, 0.05) is 0 Å². The first-order valence-electron chi connectivity index (χ1n) is 1.01. The summed E-state index contributed by atoms with van der Waals surface area (Å²) in [6.45, 7) is 0. The molecule has 0 N–H and O–H groups in total. The number of hydrogen-bond acceptors (Lipinski definition) is 1. The molecule has 30 valence electrons. The summed E-state index contributed by atoms with van der Waals surface area (Å²) in [6, 6.07) is 0. The van der Waals surface area contributed by atoms with Crippen molar-refractivity contribution >= 4 is 28.9 Å². The zero-order chi connectivity index (χ0) is 4.28. The normalized spacial score (nSPS) is 7.60. The van der Waals surface area contributed by atoms with Crippen LogP contribution < -0.4 is 0 Å². The molecule has 0 aromatic carbocycles. The van der Waals surface area contributed by atoms with Gasteiger partial charge in [0.05, 0.1) is 5.88 Å². The van der Waals surface area contributed by atoms with Gasteiger partial charge in [-0.15, -0.1) is 11.6 Å². The van der Waals surface area contributed by atoms with Gasteiger partial charge in [0.15, 0.2) is 5.12 Å². The highest BCUT2D eigenvalue weighted by molar-refractivity contribution is 7.80. The predicted octanol–water partition coefficient (Wildman–Crippen LogP) is 1.52. The van der Waals surface area contributed by atoms with E-state index in [2.05, 4.69) is 12.2 Å². The van der Waals surface area contributed by atoms with Gasteiger partial charge in [-0.05, 0) is 0 Å². The molecule has 0 heterocycles. The van der Waals surface area contributed by atoms with Gasteiger partial charge >= 0.3 is 0 Å². The molecule has 0 radical (unpaired) electrons. The second-order valence-corrected chi connectivity index (χ2v) is 1.20. The van der Waals surface area contributed by atoms with E-state index < -0.39 is 5.12 Å². The Kier molecular flexibility index (Phi) is 2.70. The van der Waals surface area contributed by atoms with E-state index >= 15 is 0 Å². The molecule has 5 heavy (non-hydrogen) atoms. The highest BCUT2D eigenvalue weighted by atomic mass is 35.5. The Hall–Kier alpha value is 0.310. The van der Waals surface area contributed by atoms with Crippen LogP contribution in [0.5, 0.6) is 0 Å². The zero-order valence-corrected chi connectivity index (χ0v) is 3.94. The van der Waals surface area contributed by atoms with Gasteiger partial charge in [0.2, 0.25) is 0 Å². The molecule has 0 saturated carbocycles. The highest BCUT2D eigenvalue weighted by Gasteiger charge is 1.80. The fourth-order valence-corrected chi connectivity index (χ4v) is 0. The fourth-order valence-electron chi connectivity index (χ4n) is 0. The molecule has 0 aromatic heterocycles. The quantitative estimate of drug-likeness (QED) is 0.282. The molecule has 0 nitrogen and oxygen atoms in total. The second-order valence-electron chi connectivity index (χ2n) is 0.489. The van der Waals surface area contributed by atoms with Crippen LogP contribution in [0.25, 0.3) is 0 Å². The fraction of sp³-hybridized carbons (Fsp3) is 0.500. The highest BCUT2D eigenvalue weighted by Crippen LogP contribution is 1.80. The van der Waals surface area contributed by atoms with E-state index in [9.17, 15) is 4.39 Å². The largest absolute Gasteiger partial charge is 0.198 e. The van der Waals surface area contributed by atoms with Crippen molar-refractivity contribution in [2.45, 2.75) is 0 Å². The molecule has 0 aliphatic heterocycles. The van der Waals surface area contributed by atoms with Crippen molar-refractivity contribution in [1.82, 2.24) is 0 Å². The molecular formula is C2H2ClFS. The van der Waals surface area contributed by atoms with Crippen LogP contribution >= 0.6 is 23.8 Å². The van der Waals surface area contributed by atoms with Gasteiger partial charge in [-0.1, -0.05) is 12.2 Å². The Morgan fingerprint density at radius 1 is 2.00 bits per heavy atom. The van der Waals surface area contributed by atoms with Crippen LogP contribution in [0.2, 0.25) is 0 Å². The van der Waals surface area contributed by atoms with Crippen molar-refractivity contribution in [1.29, 1.82) is 0 Å². The van der Waals surface area contributed by atoms with E-state index in [1.807, 2.05) is 0 Å². The van der Waals surface area contributed by atoms with Crippen LogP contribution in [0.15, 0.2) is 0 Å². The predicted molar refractivity (Wildman–Crippen MR) is 24.4 cm³/mol. The smallest absolute Gasteiger partial charge is 0.177 e. The Labute approximate surface area is 39.9 Å². The maximum absolute atomic E-state index is 11.0. The third-order valence-corrected chi connectivity index (χ3v) is 0.643. The van der Waals surface area contributed by atoms with E-state index in [-0.39, 0.29) is 5.88 Å². The van der Waals surface area contributed by atoms with Crippen molar-refractivity contribution < 1.29 is 4.39 Å². The first-order valence-corrected chi connectivity index (χ1v) is 1.96. The lowest BCUT2D eigenvalue weighted by atomic mass is 10.9. The number of halogens is 2. The first-order chi connectivity index (χ1) is 2.27. The van der Waals surface area contributed by atoms with Crippen LogP contribution in [0.3, 0.4) is 0 Å². The monoisotopic (exact) mass is 112 g/mol. The molecule has 0 aliphatic carbocycles. The van der Waals surface area contributed by atoms with E-state index in [1.54, 1.807) is 0 Å². The van der Waals surface area contributed by atoms with E-state index in [1.165, 1.54) is 0 Å². The third-order valence-electron chi connectivity index (χ3n) is 0.105. The Bertz CT molecular complexity index is 44.9. The Balaban J connectivity index is 2.85. The van der Waals surface area contributed by atoms with Crippen LogP contribution in [-0.4, -0.2) is 11.0 Å². The number of thiocarbonyl (C=S) groups is 1. The lowest BCUT2D eigenvalue weighted by Crippen LogP contribution is -1.78. The molecule has 0 amide bonds. The average Bonchev–Trinajstić information content (AvgIpc) is 1.38. The maximum Gasteiger partial charge on any atom is 0.177 e. The summed E-state index contributed by atoms with van der Waals surface area (Å²) in [5.41, 5.74) is 0. The lowest BCUT2D eigenvalue weighted by Gasteiger charge is -1.68. The van der Waals surface area contributed by atoms with Crippen LogP contribution in [-0.2, 0) is 0 Å². The molecule has 3 heteroatoms. The van der Waals surface area contributed by atoms with Gasteiger partial charge in [-0.2, -0.15) is 4.39 Å². The minimum atomic E-state index is -0.647. The summed E-state index contributed by atoms with van der Waals surface area (Å²) in [5.74, 6) is -0.157. The molecule has 0 bridgehead atoms. The summed E-state index contributed by atoms with van der Waals surface area (Å²) >= 11 is 8.72.